The molecule has 0 saturated carbocycles. The molecule has 0 bridgehead atoms. The fourth-order valence-corrected chi connectivity index (χ4v) is 2.80. The predicted octanol–water partition coefficient (Wildman–Crippen LogP) is 1.94. The first-order chi connectivity index (χ1) is 9.16. The van der Waals surface area contributed by atoms with E-state index in [2.05, 4.69) is 21.8 Å². The van der Waals surface area contributed by atoms with E-state index in [0.29, 0.717) is 6.54 Å². The van der Waals surface area contributed by atoms with Crippen molar-refractivity contribution < 1.29 is 9.90 Å². The molecule has 1 aromatic heterocycles. The number of aromatic nitrogens is 2. The molecule has 0 spiro atoms. The van der Waals surface area contributed by atoms with Crippen LogP contribution in [0.2, 0.25) is 0 Å². The van der Waals surface area contributed by atoms with Gasteiger partial charge >= 0.3 is 5.97 Å². The monoisotopic (exact) mass is 263 g/mol. The summed E-state index contributed by atoms with van der Waals surface area (Å²) in [5.41, 5.74) is -0.511. The zero-order valence-corrected chi connectivity index (χ0v) is 11.4. The van der Waals surface area contributed by atoms with Crippen molar-refractivity contribution in [2.45, 2.75) is 39.2 Å². The topological polar surface area (TPSA) is 66.3 Å². The van der Waals surface area contributed by atoms with Crippen LogP contribution in [0.25, 0.3) is 0 Å². The smallest absolute Gasteiger partial charge is 0.309 e. The highest BCUT2D eigenvalue weighted by Crippen LogP contribution is 2.36. The molecular weight excluding hydrogens is 242 g/mol. The van der Waals surface area contributed by atoms with Crippen molar-refractivity contribution in [3.63, 3.8) is 0 Å². The number of likely N-dealkylation sites (tertiary alicyclic amines) is 1. The van der Waals surface area contributed by atoms with Crippen molar-refractivity contribution in [1.29, 1.82) is 0 Å². The van der Waals surface area contributed by atoms with E-state index in [4.69, 9.17) is 0 Å². The maximum Gasteiger partial charge on any atom is 0.309 e. The standard InChI is InChI=1S/C14H21N3O2/c1-2-4-14(13(18)19)5-9-17(10-6-14)11-12-15-7-3-8-16-12/h3,7-8H,2,4-6,9-11H2,1H3,(H,18,19). The molecule has 0 atom stereocenters. The lowest BCUT2D eigenvalue weighted by Crippen LogP contribution is -2.44. The van der Waals surface area contributed by atoms with Crippen molar-refractivity contribution in [3.05, 3.63) is 24.3 Å². The minimum absolute atomic E-state index is 0.511. The van der Waals surface area contributed by atoms with Crippen LogP contribution in [0, 0.1) is 5.41 Å². The van der Waals surface area contributed by atoms with Crippen LogP contribution in [0.4, 0.5) is 0 Å². The Kier molecular flexibility index (Phi) is 4.47. The maximum atomic E-state index is 11.5. The molecule has 1 aliphatic heterocycles. The molecule has 19 heavy (non-hydrogen) atoms. The van der Waals surface area contributed by atoms with Gasteiger partial charge in [0.25, 0.3) is 0 Å². The van der Waals surface area contributed by atoms with Crippen LogP contribution < -0.4 is 0 Å². The Balaban J connectivity index is 1.93. The van der Waals surface area contributed by atoms with Crippen LogP contribution in [0.15, 0.2) is 18.5 Å². The molecule has 0 radical (unpaired) electrons. The van der Waals surface area contributed by atoms with Crippen molar-refractivity contribution in [3.8, 4) is 0 Å². The van der Waals surface area contributed by atoms with Crippen LogP contribution in [0.1, 0.15) is 38.4 Å². The van der Waals surface area contributed by atoms with E-state index < -0.39 is 11.4 Å². The Morgan fingerprint density at radius 1 is 1.37 bits per heavy atom. The molecule has 0 aliphatic carbocycles. The molecule has 2 rings (SSSR count). The Labute approximate surface area is 113 Å². The van der Waals surface area contributed by atoms with E-state index in [1.165, 1.54) is 0 Å². The summed E-state index contributed by atoms with van der Waals surface area (Å²) in [6.45, 7) is 4.38. The van der Waals surface area contributed by atoms with Gasteiger partial charge in [-0.1, -0.05) is 13.3 Å². The van der Waals surface area contributed by atoms with Crippen molar-refractivity contribution in [2.75, 3.05) is 13.1 Å². The van der Waals surface area contributed by atoms with Crippen LogP contribution in [-0.4, -0.2) is 39.0 Å². The molecule has 1 aromatic rings. The van der Waals surface area contributed by atoms with Gasteiger partial charge in [-0.05, 0) is 38.4 Å². The van der Waals surface area contributed by atoms with Crippen molar-refractivity contribution >= 4 is 5.97 Å². The van der Waals surface area contributed by atoms with E-state index in [0.717, 1.165) is 44.6 Å². The first-order valence-corrected chi connectivity index (χ1v) is 6.88. The highest BCUT2D eigenvalue weighted by Gasteiger charge is 2.40. The molecule has 5 heteroatoms. The van der Waals surface area contributed by atoms with Gasteiger partial charge in [0.15, 0.2) is 0 Å². The largest absolute Gasteiger partial charge is 0.481 e. The molecule has 5 nitrogen and oxygen atoms in total. The summed E-state index contributed by atoms with van der Waals surface area (Å²) in [7, 11) is 0. The number of hydrogen-bond donors (Lipinski definition) is 1. The van der Waals surface area contributed by atoms with Gasteiger partial charge in [-0.3, -0.25) is 9.69 Å². The number of rotatable bonds is 5. The molecule has 0 unspecified atom stereocenters. The third-order valence-corrected chi connectivity index (χ3v) is 3.98. The van der Waals surface area contributed by atoms with E-state index >= 15 is 0 Å². The van der Waals surface area contributed by atoms with Crippen LogP contribution >= 0.6 is 0 Å². The van der Waals surface area contributed by atoms with Gasteiger partial charge in [-0.2, -0.15) is 0 Å². The average Bonchev–Trinajstić information content (AvgIpc) is 2.42. The molecule has 104 valence electrons. The molecular formula is C14H21N3O2. The first-order valence-electron chi connectivity index (χ1n) is 6.88. The number of carboxylic acid groups (broad SMARTS) is 1. The average molecular weight is 263 g/mol. The number of aliphatic carboxylic acids is 1. The molecule has 1 aliphatic rings. The highest BCUT2D eigenvalue weighted by atomic mass is 16.4. The normalized spacial score (nSPS) is 19.2. The summed E-state index contributed by atoms with van der Waals surface area (Å²) in [4.78, 5) is 22.2. The fourth-order valence-electron chi connectivity index (χ4n) is 2.80. The van der Waals surface area contributed by atoms with E-state index in [9.17, 15) is 9.90 Å². The fraction of sp³-hybridized carbons (Fsp3) is 0.643. The molecule has 0 aromatic carbocycles. The molecule has 1 saturated heterocycles. The summed E-state index contributed by atoms with van der Waals surface area (Å²) in [5, 5.41) is 9.45. The second-order valence-electron chi connectivity index (χ2n) is 5.28. The van der Waals surface area contributed by atoms with Gasteiger partial charge in [-0.15, -0.1) is 0 Å². The number of hydrogen-bond acceptors (Lipinski definition) is 4. The zero-order valence-electron chi connectivity index (χ0n) is 11.4. The second kappa shape index (κ2) is 6.10. The van der Waals surface area contributed by atoms with E-state index in [1.807, 2.05) is 0 Å². The minimum atomic E-state index is -0.634. The quantitative estimate of drug-likeness (QED) is 0.879. The number of nitrogens with zero attached hydrogens (tertiary/aromatic N) is 3. The van der Waals surface area contributed by atoms with E-state index in [1.54, 1.807) is 18.5 Å². The predicted molar refractivity (Wildman–Crippen MR) is 71.5 cm³/mol. The maximum absolute atomic E-state index is 11.5. The van der Waals surface area contributed by atoms with Gasteiger partial charge < -0.3 is 5.11 Å². The third kappa shape index (κ3) is 3.29. The SMILES string of the molecule is CCCC1(C(=O)O)CCN(Cc2ncccn2)CC1. The van der Waals surface area contributed by atoms with Crippen LogP contribution in [-0.2, 0) is 11.3 Å². The molecule has 1 fully saturated rings. The summed E-state index contributed by atoms with van der Waals surface area (Å²) >= 11 is 0. The molecule has 0 amide bonds. The summed E-state index contributed by atoms with van der Waals surface area (Å²) in [5.74, 6) is 0.172. The van der Waals surface area contributed by atoms with Gasteiger partial charge in [-0.25, -0.2) is 9.97 Å². The number of piperidine rings is 1. The van der Waals surface area contributed by atoms with Crippen molar-refractivity contribution in [1.82, 2.24) is 14.9 Å². The van der Waals surface area contributed by atoms with Crippen LogP contribution in [0.3, 0.4) is 0 Å². The van der Waals surface area contributed by atoms with Crippen LogP contribution in [0.5, 0.6) is 0 Å². The summed E-state index contributed by atoms with van der Waals surface area (Å²) < 4.78 is 0. The zero-order chi connectivity index (χ0) is 13.7. The molecule has 1 N–H and O–H groups in total. The second-order valence-corrected chi connectivity index (χ2v) is 5.28. The van der Waals surface area contributed by atoms with Crippen molar-refractivity contribution in [2.24, 2.45) is 5.41 Å². The van der Waals surface area contributed by atoms with Gasteiger partial charge in [0.1, 0.15) is 5.82 Å². The number of carbonyl (C=O) groups is 1. The highest BCUT2D eigenvalue weighted by molar-refractivity contribution is 5.74. The van der Waals surface area contributed by atoms with Gasteiger partial charge in [0, 0.05) is 12.4 Å². The lowest BCUT2D eigenvalue weighted by Gasteiger charge is -2.38. The lowest BCUT2D eigenvalue weighted by molar-refractivity contribution is -0.152. The molecule has 2 heterocycles. The Bertz CT molecular complexity index is 414. The Morgan fingerprint density at radius 3 is 2.53 bits per heavy atom. The van der Waals surface area contributed by atoms with Gasteiger partial charge in [0.05, 0.1) is 12.0 Å². The first kappa shape index (κ1) is 13.9. The Morgan fingerprint density at radius 2 is 2.00 bits per heavy atom. The Hall–Kier alpha value is -1.49. The number of carboxylic acids is 1. The summed E-state index contributed by atoms with van der Waals surface area (Å²) in [6.07, 6.45) is 6.63. The van der Waals surface area contributed by atoms with Gasteiger partial charge in [0.2, 0.25) is 0 Å². The summed E-state index contributed by atoms with van der Waals surface area (Å²) in [6, 6.07) is 1.80. The van der Waals surface area contributed by atoms with E-state index in [-0.39, 0.29) is 0 Å². The third-order valence-electron chi connectivity index (χ3n) is 3.98. The minimum Gasteiger partial charge on any atom is -0.481 e. The lowest BCUT2D eigenvalue weighted by atomic mass is 9.75.